The average molecular weight is 352 g/mol. The molecule has 0 unspecified atom stereocenters. The average Bonchev–Trinajstić information content (AvgIpc) is 3.15. The molecule has 0 aliphatic carbocycles. The van der Waals surface area contributed by atoms with Gasteiger partial charge in [-0.3, -0.25) is 13.9 Å². The van der Waals surface area contributed by atoms with Crippen LogP contribution in [-0.2, 0) is 24.2 Å². The highest BCUT2D eigenvalue weighted by Gasteiger charge is 2.12. The van der Waals surface area contributed by atoms with Crippen molar-refractivity contribution < 1.29 is 4.79 Å². The van der Waals surface area contributed by atoms with E-state index in [1.807, 2.05) is 53.4 Å². The lowest BCUT2D eigenvalue weighted by atomic mass is 10.1. The zero-order valence-corrected chi connectivity index (χ0v) is 15.3. The molecule has 136 valence electrons. The highest BCUT2D eigenvalue weighted by Crippen LogP contribution is 2.15. The van der Waals surface area contributed by atoms with Crippen molar-refractivity contribution in [2.24, 2.45) is 0 Å². The van der Waals surface area contributed by atoms with E-state index in [0.29, 0.717) is 32.4 Å². The van der Waals surface area contributed by atoms with Crippen molar-refractivity contribution in [2.75, 3.05) is 6.54 Å². The number of pyridine rings is 1. The van der Waals surface area contributed by atoms with Crippen LogP contribution >= 0.6 is 0 Å². The smallest absolute Gasteiger partial charge is 0.220 e. The van der Waals surface area contributed by atoms with E-state index in [2.05, 4.69) is 27.2 Å². The Kier molecular flexibility index (Phi) is 5.46. The molecular formula is C19H24N6O. The maximum atomic E-state index is 12.2. The van der Waals surface area contributed by atoms with Crippen LogP contribution in [-0.4, -0.2) is 36.8 Å². The monoisotopic (exact) mass is 352 g/mol. The van der Waals surface area contributed by atoms with E-state index >= 15 is 0 Å². The van der Waals surface area contributed by atoms with Gasteiger partial charge in [0, 0.05) is 31.3 Å². The van der Waals surface area contributed by atoms with Crippen molar-refractivity contribution in [3.05, 3.63) is 59.8 Å². The summed E-state index contributed by atoms with van der Waals surface area (Å²) in [6, 6.07) is 5.78. The molecule has 0 aliphatic rings. The number of amides is 1. The first-order valence-electron chi connectivity index (χ1n) is 8.79. The molecule has 0 spiro atoms. The summed E-state index contributed by atoms with van der Waals surface area (Å²) >= 11 is 0. The standard InChI is InChI=1S/C19H24N6O/c1-4-12-25-15(3)16(14(2)23-25)8-9-19(26)20-11-10-18-22-21-17-7-5-6-13-24(17)18/h4-7,13H,1,8-12H2,2-3H3,(H,20,26). The van der Waals surface area contributed by atoms with Crippen LogP contribution in [0, 0.1) is 13.8 Å². The molecule has 7 nitrogen and oxygen atoms in total. The molecule has 0 radical (unpaired) electrons. The molecule has 0 aromatic carbocycles. The second kappa shape index (κ2) is 7.95. The van der Waals surface area contributed by atoms with E-state index in [1.165, 1.54) is 0 Å². The Morgan fingerprint density at radius 3 is 2.92 bits per heavy atom. The molecule has 0 aliphatic heterocycles. The van der Waals surface area contributed by atoms with Gasteiger partial charge in [0.25, 0.3) is 0 Å². The third-order valence-corrected chi connectivity index (χ3v) is 4.49. The minimum absolute atomic E-state index is 0.0362. The topological polar surface area (TPSA) is 77.1 Å². The lowest BCUT2D eigenvalue weighted by molar-refractivity contribution is -0.121. The molecule has 3 rings (SSSR count). The van der Waals surface area contributed by atoms with Crippen molar-refractivity contribution in [3.63, 3.8) is 0 Å². The number of nitrogens with one attached hydrogen (secondary N) is 1. The first-order chi connectivity index (χ1) is 12.6. The van der Waals surface area contributed by atoms with Gasteiger partial charge in [0.05, 0.1) is 12.2 Å². The number of aromatic nitrogens is 5. The van der Waals surface area contributed by atoms with Gasteiger partial charge in [-0.05, 0) is 38.0 Å². The van der Waals surface area contributed by atoms with Crippen LogP contribution in [0.15, 0.2) is 37.1 Å². The number of carbonyl (C=O) groups excluding carboxylic acids is 1. The summed E-state index contributed by atoms with van der Waals surface area (Å²) in [4.78, 5) is 12.2. The van der Waals surface area contributed by atoms with Crippen LogP contribution in [0.4, 0.5) is 0 Å². The Balaban J connectivity index is 1.50. The van der Waals surface area contributed by atoms with Crippen LogP contribution in [0.25, 0.3) is 5.65 Å². The normalized spacial score (nSPS) is 11.0. The van der Waals surface area contributed by atoms with Gasteiger partial charge < -0.3 is 5.32 Å². The Morgan fingerprint density at radius 2 is 2.12 bits per heavy atom. The number of hydrogen-bond donors (Lipinski definition) is 1. The molecule has 7 heteroatoms. The summed E-state index contributed by atoms with van der Waals surface area (Å²) < 4.78 is 3.86. The number of hydrogen-bond acceptors (Lipinski definition) is 4. The van der Waals surface area contributed by atoms with Crippen LogP contribution < -0.4 is 5.32 Å². The van der Waals surface area contributed by atoms with Crippen LogP contribution in [0.2, 0.25) is 0 Å². The number of nitrogens with zero attached hydrogens (tertiary/aromatic N) is 5. The minimum Gasteiger partial charge on any atom is -0.356 e. The molecule has 3 aromatic rings. The van der Waals surface area contributed by atoms with Crippen LogP contribution in [0.1, 0.15) is 29.2 Å². The zero-order chi connectivity index (χ0) is 18.5. The first-order valence-corrected chi connectivity index (χ1v) is 8.79. The highest BCUT2D eigenvalue weighted by molar-refractivity contribution is 5.76. The number of rotatable bonds is 8. The molecular weight excluding hydrogens is 328 g/mol. The summed E-state index contributed by atoms with van der Waals surface area (Å²) in [5.74, 6) is 0.882. The van der Waals surface area contributed by atoms with Gasteiger partial charge in [0.15, 0.2) is 5.65 Å². The molecule has 1 amide bonds. The fourth-order valence-electron chi connectivity index (χ4n) is 3.10. The van der Waals surface area contributed by atoms with Crippen LogP contribution in [0.3, 0.4) is 0 Å². The van der Waals surface area contributed by atoms with Gasteiger partial charge in [0.1, 0.15) is 5.82 Å². The molecule has 0 saturated carbocycles. The Bertz CT molecular complexity index is 923. The summed E-state index contributed by atoms with van der Waals surface area (Å²) in [7, 11) is 0. The number of fused-ring (bicyclic) bond motifs is 1. The van der Waals surface area contributed by atoms with Gasteiger partial charge >= 0.3 is 0 Å². The zero-order valence-electron chi connectivity index (χ0n) is 15.3. The van der Waals surface area contributed by atoms with E-state index in [9.17, 15) is 4.79 Å². The first kappa shape index (κ1) is 17.8. The quantitative estimate of drug-likeness (QED) is 0.629. The summed E-state index contributed by atoms with van der Waals surface area (Å²) in [6.45, 7) is 8.99. The van der Waals surface area contributed by atoms with E-state index in [4.69, 9.17) is 0 Å². The van der Waals surface area contributed by atoms with E-state index in [-0.39, 0.29) is 5.91 Å². The maximum Gasteiger partial charge on any atom is 0.220 e. The van der Waals surface area contributed by atoms with Crippen molar-refractivity contribution in [1.82, 2.24) is 29.7 Å². The second-order valence-electron chi connectivity index (χ2n) is 6.27. The highest BCUT2D eigenvalue weighted by atomic mass is 16.1. The van der Waals surface area contributed by atoms with Crippen molar-refractivity contribution in [2.45, 2.75) is 39.7 Å². The summed E-state index contributed by atoms with van der Waals surface area (Å²) in [5.41, 5.74) is 4.04. The minimum atomic E-state index is 0.0362. The van der Waals surface area contributed by atoms with E-state index in [0.717, 1.165) is 28.4 Å². The largest absolute Gasteiger partial charge is 0.356 e. The fraction of sp³-hybridized carbons (Fsp3) is 0.368. The molecule has 0 saturated heterocycles. The molecule has 0 bridgehead atoms. The lowest BCUT2D eigenvalue weighted by Gasteiger charge is -2.06. The fourth-order valence-corrected chi connectivity index (χ4v) is 3.10. The van der Waals surface area contributed by atoms with E-state index in [1.54, 1.807) is 0 Å². The predicted molar refractivity (Wildman–Crippen MR) is 99.9 cm³/mol. The molecule has 3 heterocycles. The third kappa shape index (κ3) is 3.82. The Hall–Kier alpha value is -2.96. The number of carbonyl (C=O) groups is 1. The predicted octanol–water partition coefficient (Wildman–Crippen LogP) is 2.02. The lowest BCUT2D eigenvalue weighted by Crippen LogP contribution is -2.26. The summed E-state index contributed by atoms with van der Waals surface area (Å²) in [5, 5.41) is 15.7. The molecule has 26 heavy (non-hydrogen) atoms. The molecule has 0 atom stereocenters. The van der Waals surface area contributed by atoms with Crippen molar-refractivity contribution in [1.29, 1.82) is 0 Å². The number of aryl methyl sites for hydroxylation is 1. The molecule has 3 aromatic heterocycles. The molecule has 0 fully saturated rings. The van der Waals surface area contributed by atoms with Gasteiger partial charge in [-0.25, -0.2) is 0 Å². The Morgan fingerprint density at radius 1 is 1.27 bits per heavy atom. The Labute approximate surface area is 152 Å². The van der Waals surface area contributed by atoms with Gasteiger partial charge in [-0.15, -0.1) is 16.8 Å². The van der Waals surface area contributed by atoms with Gasteiger partial charge in [-0.2, -0.15) is 5.10 Å². The van der Waals surface area contributed by atoms with Crippen LogP contribution in [0.5, 0.6) is 0 Å². The van der Waals surface area contributed by atoms with Crippen molar-refractivity contribution >= 4 is 11.6 Å². The van der Waals surface area contributed by atoms with Gasteiger partial charge in [0.2, 0.25) is 5.91 Å². The SMILES string of the molecule is C=CCn1nc(C)c(CCC(=O)NCCc2nnc3ccccn23)c1C. The molecule has 1 N–H and O–H groups in total. The third-order valence-electron chi connectivity index (χ3n) is 4.49. The van der Waals surface area contributed by atoms with Crippen molar-refractivity contribution in [3.8, 4) is 0 Å². The maximum absolute atomic E-state index is 12.2. The van der Waals surface area contributed by atoms with Gasteiger partial charge in [-0.1, -0.05) is 12.1 Å². The number of allylic oxidation sites excluding steroid dienone is 1. The van der Waals surface area contributed by atoms with E-state index < -0.39 is 0 Å². The second-order valence-corrected chi connectivity index (χ2v) is 6.27. The summed E-state index contributed by atoms with van der Waals surface area (Å²) in [6.07, 6.45) is 5.53.